The number of aliphatic hydroxyl groups excluding tert-OH is 1. The zero-order valence-corrected chi connectivity index (χ0v) is 13.7. The van der Waals surface area contributed by atoms with Crippen LogP contribution < -0.4 is 5.32 Å². The van der Waals surface area contributed by atoms with Crippen LogP contribution in [0.15, 0.2) is 35.6 Å². The first-order valence-corrected chi connectivity index (χ1v) is 8.23. The Morgan fingerprint density at radius 2 is 2.27 bits per heavy atom. The molecule has 0 fully saturated rings. The number of benzene rings is 1. The average molecular weight is 319 g/mol. The van der Waals surface area contributed by atoms with Crippen molar-refractivity contribution in [2.24, 2.45) is 0 Å². The Balaban J connectivity index is 2.10. The molecular weight excluding hydrogens is 298 g/mol. The molecule has 0 aliphatic heterocycles. The molecule has 1 aromatic heterocycles. The summed E-state index contributed by atoms with van der Waals surface area (Å²) < 4.78 is 1.77. The van der Waals surface area contributed by atoms with Gasteiger partial charge in [0.2, 0.25) is 5.91 Å². The third kappa shape index (κ3) is 4.35. The fourth-order valence-corrected chi connectivity index (χ4v) is 3.09. The lowest BCUT2D eigenvalue weighted by Crippen LogP contribution is -2.28. The van der Waals surface area contributed by atoms with Crippen LogP contribution in [-0.4, -0.2) is 27.1 Å². The van der Waals surface area contributed by atoms with Gasteiger partial charge in [-0.25, -0.2) is 4.98 Å². The van der Waals surface area contributed by atoms with Gasteiger partial charge < -0.3 is 15.0 Å². The van der Waals surface area contributed by atoms with Crippen molar-refractivity contribution in [2.75, 3.05) is 6.54 Å². The molecule has 2 aromatic rings. The van der Waals surface area contributed by atoms with Gasteiger partial charge in [0.15, 0.2) is 5.16 Å². The topological polar surface area (TPSA) is 67.2 Å². The van der Waals surface area contributed by atoms with Crippen molar-refractivity contribution in [1.82, 2.24) is 14.9 Å². The minimum atomic E-state index is -0.128. The van der Waals surface area contributed by atoms with Crippen LogP contribution in [0.1, 0.15) is 23.7 Å². The van der Waals surface area contributed by atoms with Crippen molar-refractivity contribution in [3.8, 4) is 0 Å². The Hall–Kier alpha value is -1.79. The number of thioether (sulfide) groups is 1. The van der Waals surface area contributed by atoms with Gasteiger partial charge in [-0.3, -0.25) is 4.79 Å². The predicted molar refractivity (Wildman–Crippen MR) is 87.6 cm³/mol. The number of aliphatic hydroxyl groups is 1. The number of hydrogen-bond donors (Lipinski definition) is 2. The molecule has 0 saturated heterocycles. The minimum Gasteiger partial charge on any atom is -0.390 e. The molecule has 1 heterocycles. The molecule has 118 valence electrons. The van der Waals surface area contributed by atoms with Crippen LogP contribution in [0.25, 0.3) is 0 Å². The fourth-order valence-electron chi connectivity index (χ4n) is 2.15. The van der Waals surface area contributed by atoms with Crippen LogP contribution in [0.5, 0.6) is 0 Å². The van der Waals surface area contributed by atoms with E-state index in [1.54, 1.807) is 22.5 Å². The van der Waals surface area contributed by atoms with E-state index in [2.05, 4.69) is 35.4 Å². The Morgan fingerprint density at radius 3 is 2.95 bits per heavy atom. The van der Waals surface area contributed by atoms with Gasteiger partial charge in [-0.05, 0) is 19.4 Å². The summed E-state index contributed by atoms with van der Waals surface area (Å²) in [6.07, 6.45) is 1.62. The first-order chi connectivity index (χ1) is 10.6. The van der Waals surface area contributed by atoms with E-state index in [0.29, 0.717) is 12.2 Å². The molecule has 22 heavy (non-hydrogen) atoms. The van der Waals surface area contributed by atoms with Gasteiger partial charge in [0, 0.05) is 12.3 Å². The molecule has 0 aliphatic carbocycles. The highest BCUT2D eigenvalue weighted by Gasteiger charge is 2.13. The van der Waals surface area contributed by atoms with Gasteiger partial charge in [-0.2, -0.15) is 0 Å². The van der Waals surface area contributed by atoms with Crippen molar-refractivity contribution >= 4 is 17.7 Å². The Bertz CT molecular complexity index is 640. The first-order valence-electron chi connectivity index (χ1n) is 7.24. The van der Waals surface area contributed by atoms with Crippen LogP contribution >= 0.6 is 11.8 Å². The second-order valence-electron chi connectivity index (χ2n) is 5.01. The highest BCUT2D eigenvalue weighted by molar-refractivity contribution is 7.98. The largest absolute Gasteiger partial charge is 0.390 e. The maximum Gasteiger partial charge on any atom is 0.240 e. The van der Waals surface area contributed by atoms with Gasteiger partial charge in [0.1, 0.15) is 6.54 Å². The van der Waals surface area contributed by atoms with E-state index in [1.807, 2.05) is 13.0 Å². The van der Waals surface area contributed by atoms with Crippen molar-refractivity contribution < 1.29 is 9.90 Å². The lowest BCUT2D eigenvalue weighted by atomic mass is 10.2. The minimum absolute atomic E-state index is 0.0763. The second kappa shape index (κ2) is 8.00. The molecule has 0 spiro atoms. The zero-order chi connectivity index (χ0) is 15.9. The summed E-state index contributed by atoms with van der Waals surface area (Å²) in [5, 5.41) is 12.9. The third-order valence-electron chi connectivity index (χ3n) is 3.19. The number of imidazole rings is 1. The van der Waals surface area contributed by atoms with Crippen LogP contribution in [0, 0.1) is 6.92 Å². The van der Waals surface area contributed by atoms with Crippen LogP contribution in [0.4, 0.5) is 0 Å². The lowest BCUT2D eigenvalue weighted by Gasteiger charge is -2.10. The monoisotopic (exact) mass is 319 g/mol. The summed E-state index contributed by atoms with van der Waals surface area (Å²) in [6.45, 7) is 4.59. The predicted octanol–water partition coefficient (Wildman–Crippen LogP) is 2.11. The van der Waals surface area contributed by atoms with E-state index >= 15 is 0 Å². The summed E-state index contributed by atoms with van der Waals surface area (Å²) >= 11 is 1.57. The molecule has 0 aliphatic rings. The Kier molecular flexibility index (Phi) is 6.03. The van der Waals surface area contributed by atoms with E-state index in [4.69, 9.17) is 0 Å². The molecule has 1 amide bonds. The Morgan fingerprint density at radius 1 is 1.45 bits per heavy atom. The van der Waals surface area contributed by atoms with Crippen molar-refractivity contribution in [3.63, 3.8) is 0 Å². The fraction of sp³-hybridized carbons (Fsp3) is 0.375. The average Bonchev–Trinajstić information content (AvgIpc) is 2.87. The van der Waals surface area contributed by atoms with Crippen molar-refractivity contribution in [2.45, 2.75) is 37.9 Å². The maximum atomic E-state index is 11.8. The van der Waals surface area contributed by atoms with E-state index < -0.39 is 0 Å². The molecule has 0 unspecified atom stereocenters. The number of nitrogens with one attached hydrogen (secondary N) is 1. The second-order valence-corrected chi connectivity index (χ2v) is 5.95. The lowest BCUT2D eigenvalue weighted by molar-refractivity contribution is -0.121. The highest BCUT2D eigenvalue weighted by Crippen LogP contribution is 2.23. The van der Waals surface area contributed by atoms with Crippen LogP contribution in [0.2, 0.25) is 0 Å². The molecular formula is C16H21N3O2S. The summed E-state index contributed by atoms with van der Waals surface area (Å²) in [4.78, 5) is 16.1. The highest BCUT2D eigenvalue weighted by atomic mass is 32.2. The standard InChI is InChI=1S/C16H21N3O2S/c1-3-17-15(21)9-19-14(10-20)8-18-16(19)22-11-13-6-4-5-12(2)7-13/h4-8,20H,3,9-11H2,1-2H3,(H,17,21). The number of carbonyl (C=O) groups is 1. The van der Waals surface area contributed by atoms with E-state index in [0.717, 1.165) is 10.9 Å². The summed E-state index contributed by atoms with van der Waals surface area (Å²) in [5.74, 6) is 0.700. The van der Waals surface area contributed by atoms with Gasteiger partial charge in [-0.15, -0.1) is 0 Å². The number of amides is 1. The van der Waals surface area contributed by atoms with E-state index in [1.165, 1.54) is 11.1 Å². The molecule has 2 rings (SSSR count). The normalized spacial score (nSPS) is 10.7. The number of aryl methyl sites for hydroxylation is 1. The number of aromatic nitrogens is 2. The SMILES string of the molecule is CCNC(=O)Cn1c(CO)cnc1SCc1cccc(C)c1. The molecule has 2 N–H and O–H groups in total. The molecule has 6 heteroatoms. The number of carbonyl (C=O) groups excluding carboxylic acids is 1. The smallest absolute Gasteiger partial charge is 0.240 e. The van der Waals surface area contributed by atoms with Crippen molar-refractivity contribution in [1.29, 1.82) is 0 Å². The number of rotatable bonds is 7. The summed E-state index contributed by atoms with van der Waals surface area (Å²) in [6, 6.07) is 8.31. The number of likely N-dealkylation sites (N-methyl/N-ethyl adjacent to an activating group) is 1. The zero-order valence-electron chi connectivity index (χ0n) is 12.9. The summed E-state index contributed by atoms with van der Waals surface area (Å²) in [7, 11) is 0. The quantitative estimate of drug-likeness (QED) is 0.767. The van der Waals surface area contributed by atoms with Gasteiger partial charge in [0.05, 0.1) is 18.5 Å². The number of hydrogen-bond acceptors (Lipinski definition) is 4. The van der Waals surface area contributed by atoms with E-state index in [-0.39, 0.29) is 19.1 Å². The van der Waals surface area contributed by atoms with Crippen molar-refractivity contribution in [3.05, 3.63) is 47.3 Å². The van der Waals surface area contributed by atoms with Gasteiger partial charge in [-0.1, -0.05) is 41.6 Å². The number of nitrogens with zero attached hydrogens (tertiary/aromatic N) is 2. The first kappa shape index (κ1) is 16.6. The van der Waals surface area contributed by atoms with E-state index in [9.17, 15) is 9.90 Å². The van der Waals surface area contributed by atoms with Gasteiger partial charge >= 0.3 is 0 Å². The van der Waals surface area contributed by atoms with Crippen LogP contribution in [0.3, 0.4) is 0 Å². The van der Waals surface area contributed by atoms with Gasteiger partial charge in [0.25, 0.3) is 0 Å². The molecule has 0 atom stereocenters. The third-order valence-corrected chi connectivity index (χ3v) is 4.25. The molecule has 1 aromatic carbocycles. The van der Waals surface area contributed by atoms with Crippen LogP contribution in [-0.2, 0) is 23.7 Å². The molecule has 0 saturated carbocycles. The molecule has 0 radical (unpaired) electrons. The Labute approximate surface area is 134 Å². The molecule has 5 nitrogen and oxygen atoms in total. The summed E-state index contributed by atoms with van der Waals surface area (Å²) in [5.41, 5.74) is 3.08. The maximum absolute atomic E-state index is 11.8. The molecule has 0 bridgehead atoms.